The quantitative estimate of drug-likeness (QED) is 0.708. The van der Waals surface area contributed by atoms with Crippen LogP contribution < -0.4 is 0 Å². The van der Waals surface area contributed by atoms with E-state index in [2.05, 4.69) is 0 Å². The second kappa shape index (κ2) is 4.16. The Morgan fingerprint density at radius 3 is 2.47 bits per heavy atom. The lowest BCUT2D eigenvalue weighted by molar-refractivity contribution is -0.0718. The molecule has 1 saturated carbocycles. The van der Waals surface area contributed by atoms with Gasteiger partial charge in [0.2, 0.25) is 0 Å². The Labute approximate surface area is 103 Å². The highest BCUT2D eigenvalue weighted by molar-refractivity contribution is 5.69. The lowest BCUT2D eigenvalue weighted by Gasteiger charge is -2.53. The maximum absolute atomic E-state index is 12.2. The van der Waals surface area contributed by atoms with E-state index in [9.17, 15) is 9.90 Å². The molecule has 1 amide bonds. The first-order valence-electron chi connectivity index (χ1n) is 6.51. The van der Waals surface area contributed by atoms with Crippen molar-refractivity contribution in [3.8, 4) is 0 Å². The van der Waals surface area contributed by atoms with E-state index in [4.69, 9.17) is 4.74 Å². The molecule has 2 fully saturated rings. The van der Waals surface area contributed by atoms with Gasteiger partial charge < -0.3 is 9.84 Å². The first-order chi connectivity index (χ1) is 7.82. The molecule has 4 nitrogen and oxygen atoms in total. The molecular weight excluding hydrogens is 218 g/mol. The average molecular weight is 241 g/mol. The Kier molecular flexibility index (Phi) is 3.10. The lowest BCUT2D eigenvalue weighted by atomic mass is 9.70. The van der Waals surface area contributed by atoms with Crippen molar-refractivity contribution in [2.75, 3.05) is 6.54 Å². The van der Waals surface area contributed by atoms with Crippen molar-refractivity contribution in [2.45, 2.75) is 70.1 Å². The van der Waals surface area contributed by atoms with Gasteiger partial charge in [0.15, 0.2) is 0 Å². The normalized spacial score (nSPS) is 27.8. The number of ether oxygens (including phenoxy) is 1. The van der Waals surface area contributed by atoms with E-state index < -0.39 is 11.7 Å². The molecule has 0 bridgehead atoms. The fourth-order valence-electron chi connectivity index (χ4n) is 2.76. The van der Waals surface area contributed by atoms with Crippen LogP contribution in [0.1, 0.15) is 52.9 Å². The standard InChI is InChI=1S/C13H23NO3/c1-12(2,3)17-11(16)14-9-10(15)5-8-13(14)6-4-7-13/h10,15H,4-9H2,1-3H3. The van der Waals surface area contributed by atoms with Gasteiger partial charge in [0.05, 0.1) is 12.6 Å². The zero-order chi connectivity index (χ0) is 12.7. The van der Waals surface area contributed by atoms with Gasteiger partial charge in [0, 0.05) is 5.54 Å². The molecule has 2 rings (SSSR count). The van der Waals surface area contributed by atoms with Crippen molar-refractivity contribution < 1.29 is 14.6 Å². The number of nitrogens with zero attached hydrogens (tertiary/aromatic N) is 1. The third-order valence-electron chi connectivity index (χ3n) is 3.81. The highest BCUT2D eigenvalue weighted by Gasteiger charge is 2.49. The van der Waals surface area contributed by atoms with Crippen LogP contribution >= 0.6 is 0 Å². The Balaban J connectivity index is 2.07. The van der Waals surface area contributed by atoms with Crippen LogP contribution in [0.2, 0.25) is 0 Å². The number of rotatable bonds is 0. The van der Waals surface area contributed by atoms with Gasteiger partial charge in [0.1, 0.15) is 5.60 Å². The number of piperidine rings is 1. The molecule has 1 aliphatic heterocycles. The number of likely N-dealkylation sites (tertiary alicyclic amines) is 1. The SMILES string of the molecule is CC(C)(C)OC(=O)N1CC(O)CCC12CCC2. The van der Waals surface area contributed by atoms with Gasteiger partial charge >= 0.3 is 6.09 Å². The molecule has 0 aromatic carbocycles. The van der Waals surface area contributed by atoms with Crippen LogP contribution in [0.25, 0.3) is 0 Å². The smallest absolute Gasteiger partial charge is 0.410 e. The first-order valence-corrected chi connectivity index (χ1v) is 6.51. The summed E-state index contributed by atoms with van der Waals surface area (Å²) in [4.78, 5) is 13.9. The van der Waals surface area contributed by atoms with Crippen LogP contribution in [-0.2, 0) is 4.74 Å². The Bertz CT molecular complexity index is 304. The molecule has 2 aliphatic rings. The number of amides is 1. The summed E-state index contributed by atoms with van der Waals surface area (Å²) in [5.74, 6) is 0. The molecule has 98 valence electrons. The van der Waals surface area contributed by atoms with E-state index in [1.807, 2.05) is 20.8 Å². The Morgan fingerprint density at radius 2 is 2.00 bits per heavy atom. The molecular formula is C13H23NO3. The number of aliphatic hydroxyl groups is 1. The van der Waals surface area contributed by atoms with Crippen molar-refractivity contribution in [3.63, 3.8) is 0 Å². The maximum Gasteiger partial charge on any atom is 0.410 e. The summed E-state index contributed by atoms with van der Waals surface area (Å²) >= 11 is 0. The predicted molar refractivity (Wildman–Crippen MR) is 64.8 cm³/mol. The van der Waals surface area contributed by atoms with Crippen LogP contribution in [0.3, 0.4) is 0 Å². The fraction of sp³-hybridized carbons (Fsp3) is 0.923. The number of hydrogen-bond acceptors (Lipinski definition) is 3. The van der Waals surface area contributed by atoms with Gasteiger partial charge in [-0.1, -0.05) is 0 Å². The molecule has 1 atom stereocenters. The summed E-state index contributed by atoms with van der Waals surface area (Å²) in [6.07, 6.45) is 4.34. The second-order valence-electron chi connectivity index (χ2n) is 6.36. The van der Waals surface area contributed by atoms with Crippen molar-refractivity contribution in [1.82, 2.24) is 4.90 Å². The van der Waals surface area contributed by atoms with Crippen LogP contribution in [0, 0.1) is 0 Å². The van der Waals surface area contributed by atoms with Gasteiger partial charge in [-0.25, -0.2) is 4.79 Å². The minimum atomic E-state index is -0.468. The minimum absolute atomic E-state index is 0.0123. The molecule has 1 spiro atoms. The van der Waals surface area contributed by atoms with E-state index in [-0.39, 0.29) is 11.6 Å². The van der Waals surface area contributed by atoms with E-state index in [0.717, 1.165) is 25.7 Å². The van der Waals surface area contributed by atoms with Crippen LogP contribution in [0.5, 0.6) is 0 Å². The highest BCUT2D eigenvalue weighted by Crippen LogP contribution is 2.44. The van der Waals surface area contributed by atoms with Crippen molar-refractivity contribution in [2.24, 2.45) is 0 Å². The predicted octanol–water partition coefficient (Wildman–Crippen LogP) is 2.30. The zero-order valence-electron chi connectivity index (χ0n) is 11.0. The molecule has 4 heteroatoms. The topological polar surface area (TPSA) is 49.8 Å². The number of carbonyl (C=O) groups is 1. The van der Waals surface area contributed by atoms with Gasteiger partial charge in [-0.2, -0.15) is 0 Å². The Hall–Kier alpha value is -0.770. The highest BCUT2D eigenvalue weighted by atomic mass is 16.6. The summed E-state index contributed by atoms with van der Waals surface area (Å²) in [5.41, 5.74) is -0.480. The lowest BCUT2D eigenvalue weighted by Crippen LogP contribution is -2.62. The third-order valence-corrected chi connectivity index (χ3v) is 3.81. The largest absolute Gasteiger partial charge is 0.444 e. The van der Waals surface area contributed by atoms with Crippen molar-refractivity contribution in [1.29, 1.82) is 0 Å². The molecule has 1 heterocycles. The molecule has 17 heavy (non-hydrogen) atoms. The summed E-state index contributed by atoms with van der Waals surface area (Å²) in [6.45, 7) is 6.05. The summed E-state index contributed by atoms with van der Waals surface area (Å²) in [5, 5.41) is 9.73. The number of carbonyl (C=O) groups excluding carboxylic acids is 1. The van der Waals surface area contributed by atoms with Crippen molar-refractivity contribution in [3.05, 3.63) is 0 Å². The molecule has 1 N–H and O–H groups in total. The molecule has 1 saturated heterocycles. The molecule has 1 aliphatic carbocycles. The first kappa shape index (κ1) is 12.7. The summed E-state index contributed by atoms with van der Waals surface area (Å²) < 4.78 is 5.43. The van der Waals surface area contributed by atoms with Gasteiger partial charge in [0.25, 0.3) is 0 Å². The van der Waals surface area contributed by atoms with Gasteiger partial charge in [-0.3, -0.25) is 4.90 Å². The van der Waals surface area contributed by atoms with Gasteiger partial charge in [-0.05, 0) is 52.9 Å². The number of β-amino-alcohol motifs (C(OH)–C–C–N with tert-alkyl or cyclic N) is 1. The number of hydrogen-bond donors (Lipinski definition) is 1. The van der Waals surface area contributed by atoms with Crippen LogP contribution in [0.4, 0.5) is 4.79 Å². The second-order valence-corrected chi connectivity index (χ2v) is 6.36. The molecule has 0 radical (unpaired) electrons. The number of aliphatic hydroxyl groups excluding tert-OH is 1. The summed E-state index contributed by atoms with van der Waals surface area (Å²) in [7, 11) is 0. The average Bonchev–Trinajstić information content (AvgIpc) is 2.12. The van der Waals surface area contributed by atoms with E-state index in [0.29, 0.717) is 6.54 Å². The van der Waals surface area contributed by atoms with Crippen LogP contribution in [-0.4, -0.2) is 39.9 Å². The molecule has 0 aromatic rings. The zero-order valence-corrected chi connectivity index (χ0v) is 11.0. The van der Waals surface area contributed by atoms with E-state index >= 15 is 0 Å². The fourth-order valence-corrected chi connectivity index (χ4v) is 2.76. The van der Waals surface area contributed by atoms with Gasteiger partial charge in [-0.15, -0.1) is 0 Å². The third kappa shape index (κ3) is 2.57. The van der Waals surface area contributed by atoms with E-state index in [1.165, 1.54) is 6.42 Å². The minimum Gasteiger partial charge on any atom is -0.444 e. The van der Waals surface area contributed by atoms with E-state index in [1.54, 1.807) is 4.90 Å². The summed E-state index contributed by atoms with van der Waals surface area (Å²) in [6, 6.07) is 0. The Morgan fingerprint density at radius 1 is 1.35 bits per heavy atom. The maximum atomic E-state index is 12.2. The van der Waals surface area contributed by atoms with Crippen LogP contribution in [0.15, 0.2) is 0 Å². The molecule has 1 unspecified atom stereocenters. The van der Waals surface area contributed by atoms with Crippen molar-refractivity contribution >= 4 is 6.09 Å². The monoisotopic (exact) mass is 241 g/mol. The molecule has 0 aromatic heterocycles.